The number of nitrogens with two attached hydrogens (primary N) is 1. The van der Waals surface area contributed by atoms with Crippen molar-refractivity contribution < 1.29 is 0 Å². The van der Waals surface area contributed by atoms with Gasteiger partial charge >= 0.3 is 0 Å². The van der Waals surface area contributed by atoms with E-state index in [-0.39, 0.29) is 0 Å². The molecule has 0 spiro atoms. The summed E-state index contributed by atoms with van der Waals surface area (Å²) in [5.41, 5.74) is 7.68. The van der Waals surface area contributed by atoms with Crippen LogP contribution in [0.1, 0.15) is 5.56 Å². The highest BCUT2D eigenvalue weighted by atomic mass is 32.1. The minimum atomic E-state index is 0.447. The van der Waals surface area contributed by atoms with Crippen molar-refractivity contribution in [1.82, 2.24) is 4.90 Å². The van der Waals surface area contributed by atoms with Gasteiger partial charge in [0.15, 0.2) is 0 Å². The van der Waals surface area contributed by atoms with E-state index in [0.717, 1.165) is 24.3 Å². The maximum atomic E-state index is 5.61. The molecule has 0 bridgehead atoms. The molecule has 0 unspecified atom stereocenters. The molecular formula is C12H19N3S. The lowest BCUT2D eigenvalue weighted by molar-refractivity contribution is 0.416. The Kier molecular flexibility index (Phi) is 4.71. The molecule has 2 N–H and O–H groups in total. The molecule has 0 saturated heterocycles. The lowest BCUT2D eigenvalue weighted by Crippen LogP contribution is -2.28. The predicted molar refractivity (Wildman–Crippen MR) is 74.2 cm³/mol. The van der Waals surface area contributed by atoms with Crippen molar-refractivity contribution in [2.24, 2.45) is 5.73 Å². The third-order valence-corrected chi connectivity index (χ3v) is 2.69. The number of rotatable bonds is 5. The summed E-state index contributed by atoms with van der Waals surface area (Å²) in [6, 6.07) is 8.01. The number of hydrogen-bond donors (Lipinski definition) is 1. The van der Waals surface area contributed by atoms with E-state index in [4.69, 9.17) is 18.0 Å². The SMILES string of the molecule is CN(C)CCN(C)c1cccc(C(N)=S)c1. The minimum Gasteiger partial charge on any atom is -0.389 e. The lowest BCUT2D eigenvalue weighted by atomic mass is 10.2. The second-order valence-electron chi connectivity index (χ2n) is 4.14. The van der Waals surface area contributed by atoms with Crippen LogP contribution in [0.4, 0.5) is 5.69 Å². The Morgan fingerprint density at radius 1 is 1.25 bits per heavy atom. The smallest absolute Gasteiger partial charge is 0.104 e. The fourth-order valence-corrected chi connectivity index (χ4v) is 1.50. The lowest BCUT2D eigenvalue weighted by Gasteiger charge is -2.22. The zero-order chi connectivity index (χ0) is 12.1. The van der Waals surface area contributed by atoms with Crippen molar-refractivity contribution in [3.05, 3.63) is 29.8 Å². The second kappa shape index (κ2) is 5.82. The zero-order valence-corrected chi connectivity index (χ0v) is 10.9. The molecule has 0 saturated carbocycles. The highest BCUT2D eigenvalue weighted by molar-refractivity contribution is 7.80. The van der Waals surface area contributed by atoms with Crippen LogP contribution in [0.5, 0.6) is 0 Å². The van der Waals surface area contributed by atoms with Crippen molar-refractivity contribution in [3.8, 4) is 0 Å². The molecule has 0 heterocycles. The standard InChI is InChI=1S/C12H19N3S/c1-14(2)7-8-15(3)11-6-4-5-10(9-11)12(13)16/h4-6,9H,7-8H2,1-3H3,(H2,13,16). The summed E-state index contributed by atoms with van der Waals surface area (Å²) in [6.45, 7) is 2.00. The number of likely N-dealkylation sites (N-methyl/N-ethyl adjacent to an activating group) is 2. The minimum absolute atomic E-state index is 0.447. The van der Waals surface area contributed by atoms with E-state index in [9.17, 15) is 0 Å². The maximum Gasteiger partial charge on any atom is 0.104 e. The molecule has 0 aliphatic heterocycles. The monoisotopic (exact) mass is 237 g/mol. The van der Waals surface area contributed by atoms with Crippen molar-refractivity contribution in [3.63, 3.8) is 0 Å². The van der Waals surface area contributed by atoms with Crippen LogP contribution in [0.25, 0.3) is 0 Å². The van der Waals surface area contributed by atoms with Gasteiger partial charge in [0.25, 0.3) is 0 Å². The molecule has 1 rings (SSSR count). The topological polar surface area (TPSA) is 32.5 Å². The van der Waals surface area contributed by atoms with Crippen molar-refractivity contribution in [2.75, 3.05) is 39.1 Å². The summed E-state index contributed by atoms with van der Waals surface area (Å²) in [7, 11) is 6.21. The first-order valence-electron chi connectivity index (χ1n) is 5.26. The van der Waals surface area contributed by atoms with Gasteiger partial charge in [-0.1, -0.05) is 24.4 Å². The largest absolute Gasteiger partial charge is 0.389 e. The molecule has 0 atom stereocenters. The Bertz CT molecular complexity index is 363. The molecular weight excluding hydrogens is 218 g/mol. The van der Waals surface area contributed by atoms with E-state index in [1.165, 1.54) is 0 Å². The van der Waals surface area contributed by atoms with Gasteiger partial charge in [-0.25, -0.2) is 0 Å². The van der Waals surface area contributed by atoms with Crippen LogP contribution in [-0.4, -0.2) is 44.1 Å². The summed E-state index contributed by atoms with van der Waals surface area (Å²) in [5.74, 6) is 0. The van der Waals surface area contributed by atoms with Gasteiger partial charge in [0.1, 0.15) is 4.99 Å². The highest BCUT2D eigenvalue weighted by Gasteiger charge is 2.03. The highest BCUT2D eigenvalue weighted by Crippen LogP contribution is 2.14. The van der Waals surface area contributed by atoms with E-state index in [1.807, 2.05) is 18.2 Å². The van der Waals surface area contributed by atoms with Crippen LogP contribution >= 0.6 is 12.2 Å². The summed E-state index contributed by atoms with van der Waals surface area (Å²) in [4.78, 5) is 4.80. The first kappa shape index (κ1) is 12.9. The molecule has 3 nitrogen and oxygen atoms in total. The van der Waals surface area contributed by atoms with Crippen LogP contribution < -0.4 is 10.6 Å². The Morgan fingerprint density at radius 3 is 2.50 bits per heavy atom. The Labute approximate surface area is 103 Å². The second-order valence-corrected chi connectivity index (χ2v) is 4.58. The molecule has 1 aromatic carbocycles. The first-order chi connectivity index (χ1) is 7.50. The van der Waals surface area contributed by atoms with Crippen molar-refractivity contribution in [1.29, 1.82) is 0 Å². The average Bonchev–Trinajstić information content (AvgIpc) is 2.26. The molecule has 0 radical (unpaired) electrons. The molecule has 0 fully saturated rings. The van der Waals surface area contributed by atoms with E-state index in [2.05, 4.69) is 37.0 Å². The molecule has 4 heteroatoms. The van der Waals surface area contributed by atoms with Crippen molar-refractivity contribution >= 4 is 22.9 Å². The summed E-state index contributed by atoms with van der Waals surface area (Å²) < 4.78 is 0. The fraction of sp³-hybridized carbons (Fsp3) is 0.417. The van der Waals surface area contributed by atoms with E-state index in [1.54, 1.807) is 0 Å². The van der Waals surface area contributed by atoms with Gasteiger partial charge in [-0.2, -0.15) is 0 Å². The van der Waals surface area contributed by atoms with Gasteiger partial charge in [0.2, 0.25) is 0 Å². The van der Waals surface area contributed by atoms with Gasteiger partial charge in [-0.15, -0.1) is 0 Å². The molecule has 1 aromatic rings. The van der Waals surface area contributed by atoms with E-state index >= 15 is 0 Å². The number of nitrogens with zero attached hydrogens (tertiary/aromatic N) is 2. The Morgan fingerprint density at radius 2 is 1.94 bits per heavy atom. The number of anilines is 1. The van der Waals surface area contributed by atoms with Gasteiger partial charge in [0, 0.05) is 31.4 Å². The average molecular weight is 237 g/mol. The quantitative estimate of drug-likeness (QED) is 0.783. The van der Waals surface area contributed by atoms with Crippen LogP contribution in [-0.2, 0) is 0 Å². The van der Waals surface area contributed by atoms with E-state index < -0.39 is 0 Å². The normalized spacial score (nSPS) is 10.5. The third kappa shape index (κ3) is 3.79. The summed E-state index contributed by atoms with van der Waals surface area (Å²) >= 11 is 4.97. The fourth-order valence-electron chi connectivity index (χ4n) is 1.38. The van der Waals surface area contributed by atoms with E-state index in [0.29, 0.717) is 4.99 Å². The molecule has 0 amide bonds. The zero-order valence-electron chi connectivity index (χ0n) is 10.1. The van der Waals surface area contributed by atoms with Gasteiger partial charge in [0.05, 0.1) is 0 Å². The summed E-state index contributed by atoms with van der Waals surface area (Å²) in [5, 5.41) is 0. The molecule has 16 heavy (non-hydrogen) atoms. The van der Waals surface area contributed by atoms with Crippen LogP contribution in [0.15, 0.2) is 24.3 Å². The third-order valence-electron chi connectivity index (χ3n) is 2.45. The number of thiocarbonyl (C=S) groups is 1. The molecule has 0 aliphatic rings. The van der Waals surface area contributed by atoms with Gasteiger partial charge in [-0.05, 0) is 26.2 Å². The van der Waals surface area contributed by atoms with Crippen molar-refractivity contribution in [2.45, 2.75) is 0 Å². The molecule has 88 valence electrons. The van der Waals surface area contributed by atoms with Crippen LogP contribution in [0.3, 0.4) is 0 Å². The molecule has 0 aromatic heterocycles. The number of hydrogen-bond acceptors (Lipinski definition) is 3. The van der Waals surface area contributed by atoms with Gasteiger partial charge in [-0.3, -0.25) is 0 Å². The van der Waals surface area contributed by atoms with Crippen LogP contribution in [0, 0.1) is 0 Å². The Balaban J connectivity index is 2.71. The van der Waals surface area contributed by atoms with Gasteiger partial charge < -0.3 is 15.5 Å². The van der Waals surface area contributed by atoms with Crippen LogP contribution in [0.2, 0.25) is 0 Å². The summed E-state index contributed by atoms with van der Waals surface area (Å²) in [6.07, 6.45) is 0. The molecule has 0 aliphatic carbocycles. The Hall–Kier alpha value is -1.13. The number of benzene rings is 1. The predicted octanol–water partition coefficient (Wildman–Crippen LogP) is 1.32. The first-order valence-corrected chi connectivity index (χ1v) is 5.67. The maximum absolute atomic E-state index is 5.61.